The molecule has 0 spiro atoms. The molecule has 0 unspecified atom stereocenters. The molecule has 0 aliphatic carbocycles. The Hall–Kier alpha value is -2.17. The molecule has 0 bridgehead atoms. The van der Waals surface area contributed by atoms with E-state index >= 15 is 0 Å². The Kier molecular flexibility index (Phi) is 3.94. The third-order valence-electron chi connectivity index (χ3n) is 2.66. The number of benzene rings is 2. The van der Waals surface area contributed by atoms with Crippen molar-refractivity contribution in [2.45, 2.75) is 6.54 Å². The van der Waals surface area contributed by atoms with Crippen molar-refractivity contribution in [3.8, 4) is 5.75 Å². The Morgan fingerprint density at radius 3 is 2.63 bits per heavy atom. The average molecular weight is 267 g/mol. The molecule has 19 heavy (non-hydrogen) atoms. The van der Waals surface area contributed by atoms with E-state index in [0.717, 1.165) is 18.2 Å². The molecule has 2 aromatic rings. The van der Waals surface area contributed by atoms with Crippen molar-refractivity contribution in [3.63, 3.8) is 0 Å². The van der Waals surface area contributed by atoms with Crippen molar-refractivity contribution in [1.82, 2.24) is 0 Å². The number of hydrogen-bond donors (Lipinski definition) is 1. The minimum atomic E-state index is -0.593. The highest BCUT2D eigenvalue weighted by molar-refractivity contribution is 5.46. The summed E-state index contributed by atoms with van der Waals surface area (Å²) in [5.41, 5.74) is 0.297. The van der Waals surface area contributed by atoms with Crippen molar-refractivity contribution in [2.75, 3.05) is 12.4 Å². The topological polar surface area (TPSA) is 21.3 Å². The van der Waals surface area contributed by atoms with Gasteiger partial charge in [-0.2, -0.15) is 0 Å². The Balaban J connectivity index is 2.17. The normalized spacial score (nSPS) is 10.3. The molecule has 0 aromatic heterocycles. The first kappa shape index (κ1) is 13.3. The molecule has 0 fully saturated rings. The maximum absolute atomic E-state index is 13.8. The van der Waals surface area contributed by atoms with Crippen LogP contribution in [0.1, 0.15) is 5.56 Å². The van der Waals surface area contributed by atoms with E-state index in [0.29, 0.717) is 5.56 Å². The van der Waals surface area contributed by atoms with E-state index in [9.17, 15) is 13.2 Å². The molecular formula is C14H12F3NO. The largest absolute Gasteiger partial charge is 0.494 e. The monoisotopic (exact) mass is 267 g/mol. The molecule has 0 heterocycles. The predicted octanol–water partition coefficient (Wildman–Crippen LogP) is 3.72. The second-order valence-corrected chi connectivity index (χ2v) is 3.91. The zero-order valence-corrected chi connectivity index (χ0v) is 10.2. The lowest BCUT2D eigenvalue weighted by Crippen LogP contribution is -2.04. The van der Waals surface area contributed by atoms with Crippen molar-refractivity contribution in [3.05, 3.63) is 59.4 Å². The second kappa shape index (κ2) is 5.65. The summed E-state index contributed by atoms with van der Waals surface area (Å²) >= 11 is 0. The Labute approximate surface area is 108 Å². The van der Waals surface area contributed by atoms with Crippen LogP contribution in [0.25, 0.3) is 0 Å². The molecule has 1 N–H and O–H groups in total. The van der Waals surface area contributed by atoms with Gasteiger partial charge in [-0.1, -0.05) is 12.1 Å². The molecule has 0 saturated heterocycles. The first-order valence-corrected chi connectivity index (χ1v) is 5.62. The number of methoxy groups -OCH3 is 1. The van der Waals surface area contributed by atoms with Gasteiger partial charge >= 0.3 is 0 Å². The number of halogens is 3. The van der Waals surface area contributed by atoms with E-state index in [1.165, 1.54) is 13.2 Å². The summed E-state index contributed by atoms with van der Waals surface area (Å²) in [4.78, 5) is 0. The molecule has 2 aromatic carbocycles. The number of rotatable bonds is 4. The quantitative estimate of drug-likeness (QED) is 0.911. The molecule has 0 amide bonds. The van der Waals surface area contributed by atoms with Crippen molar-refractivity contribution in [2.24, 2.45) is 0 Å². The van der Waals surface area contributed by atoms with E-state index in [1.54, 1.807) is 12.1 Å². The third kappa shape index (κ3) is 2.99. The molecule has 0 aliphatic rings. The van der Waals surface area contributed by atoms with Crippen LogP contribution in [-0.4, -0.2) is 7.11 Å². The number of nitrogens with one attached hydrogen (secondary N) is 1. The lowest BCUT2D eigenvalue weighted by molar-refractivity contribution is 0.384. The summed E-state index contributed by atoms with van der Waals surface area (Å²) in [5.74, 6) is -1.56. The minimum absolute atomic E-state index is 0.0118. The van der Waals surface area contributed by atoms with Gasteiger partial charge in [0.05, 0.1) is 12.8 Å². The van der Waals surface area contributed by atoms with Gasteiger partial charge in [-0.05, 0) is 24.3 Å². The van der Waals surface area contributed by atoms with Gasteiger partial charge in [0.2, 0.25) is 0 Å². The van der Waals surface area contributed by atoms with Gasteiger partial charge in [0, 0.05) is 12.1 Å². The van der Waals surface area contributed by atoms with Crippen molar-refractivity contribution < 1.29 is 17.9 Å². The summed E-state index contributed by atoms with van der Waals surface area (Å²) in [6, 6.07) is 7.71. The van der Waals surface area contributed by atoms with E-state index in [4.69, 9.17) is 4.74 Å². The minimum Gasteiger partial charge on any atom is -0.494 e. The van der Waals surface area contributed by atoms with E-state index < -0.39 is 17.5 Å². The second-order valence-electron chi connectivity index (χ2n) is 3.91. The van der Waals surface area contributed by atoms with Gasteiger partial charge in [-0.25, -0.2) is 13.2 Å². The molecule has 2 nitrogen and oxygen atoms in total. The van der Waals surface area contributed by atoms with Gasteiger partial charge in [0.25, 0.3) is 0 Å². The van der Waals surface area contributed by atoms with Gasteiger partial charge in [0.15, 0.2) is 11.6 Å². The van der Waals surface area contributed by atoms with Gasteiger partial charge < -0.3 is 10.1 Å². The van der Waals surface area contributed by atoms with Crippen molar-refractivity contribution in [1.29, 1.82) is 0 Å². The molecule has 0 radical (unpaired) electrons. The first-order chi connectivity index (χ1) is 9.11. The van der Waals surface area contributed by atoms with Crippen LogP contribution >= 0.6 is 0 Å². The highest BCUT2D eigenvalue weighted by atomic mass is 19.1. The fourth-order valence-electron chi connectivity index (χ4n) is 1.67. The molecule has 0 aliphatic heterocycles. The van der Waals surface area contributed by atoms with Gasteiger partial charge in [-0.15, -0.1) is 0 Å². The van der Waals surface area contributed by atoms with Crippen LogP contribution in [-0.2, 0) is 6.54 Å². The predicted molar refractivity (Wildman–Crippen MR) is 66.6 cm³/mol. The Morgan fingerprint density at radius 2 is 1.89 bits per heavy atom. The SMILES string of the molecule is COc1cccc(CNc2cc(F)ccc2F)c1F. The number of hydrogen-bond acceptors (Lipinski definition) is 2. The zero-order chi connectivity index (χ0) is 13.8. The third-order valence-corrected chi connectivity index (χ3v) is 2.66. The van der Waals surface area contributed by atoms with Gasteiger partial charge in [0.1, 0.15) is 11.6 Å². The number of ether oxygens (including phenoxy) is 1. The lowest BCUT2D eigenvalue weighted by Gasteiger charge is -2.10. The smallest absolute Gasteiger partial charge is 0.170 e. The fraction of sp³-hybridized carbons (Fsp3) is 0.143. The highest BCUT2D eigenvalue weighted by Gasteiger charge is 2.09. The molecule has 0 saturated carbocycles. The van der Waals surface area contributed by atoms with E-state index in [2.05, 4.69) is 5.32 Å². The van der Waals surface area contributed by atoms with Crippen LogP contribution < -0.4 is 10.1 Å². The molecular weight excluding hydrogens is 255 g/mol. The number of anilines is 1. The molecule has 5 heteroatoms. The summed E-state index contributed by atoms with van der Waals surface area (Å²) in [5, 5.41) is 2.65. The first-order valence-electron chi connectivity index (χ1n) is 5.62. The standard InChI is InChI=1S/C14H12F3NO/c1-19-13-4-2-3-9(14(13)17)8-18-12-7-10(15)5-6-11(12)16/h2-7,18H,8H2,1H3. The summed E-state index contributed by atoms with van der Waals surface area (Å²) in [6.45, 7) is 0.0312. The molecule has 2 rings (SSSR count). The summed E-state index contributed by atoms with van der Waals surface area (Å²) in [7, 11) is 1.36. The van der Waals surface area contributed by atoms with Crippen molar-refractivity contribution >= 4 is 5.69 Å². The van der Waals surface area contributed by atoms with Crippen LogP contribution in [0.4, 0.5) is 18.9 Å². The van der Waals surface area contributed by atoms with Crippen LogP contribution in [0.2, 0.25) is 0 Å². The van der Waals surface area contributed by atoms with Crippen LogP contribution in [0, 0.1) is 17.5 Å². The van der Waals surface area contributed by atoms with E-state index in [-0.39, 0.29) is 18.0 Å². The fourth-order valence-corrected chi connectivity index (χ4v) is 1.67. The summed E-state index contributed by atoms with van der Waals surface area (Å²) in [6.07, 6.45) is 0. The maximum Gasteiger partial charge on any atom is 0.170 e. The van der Waals surface area contributed by atoms with Crippen LogP contribution in [0.15, 0.2) is 36.4 Å². The Bertz CT molecular complexity index is 587. The van der Waals surface area contributed by atoms with Gasteiger partial charge in [-0.3, -0.25) is 0 Å². The summed E-state index contributed by atoms with van der Waals surface area (Å²) < 4.78 is 45.0. The average Bonchev–Trinajstić information content (AvgIpc) is 2.41. The maximum atomic E-state index is 13.8. The lowest BCUT2D eigenvalue weighted by atomic mass is 10.2. The van der Waals surface area contributed by atoms with E-state index in [1.807, 2.05) is 0 Å². The van der Waals surface area contributed by atoms with Crippen LogP contribution in [0.5, 0.6) is 5.75 Å². The highest BCUT2D eigenvalue weighted by Crippen LogP contribution is 2.22. The van der Waals surface area contributed by atoms with Crippen LogP contribution in [0.3, 0.4) is 0 Å². The zero-order valence-electron chi connectivity index (χ0n) is 10.2. The molecule has 100 valence electrons. The Morgan fingerprint density at radius 1 is 1.11 bits per heavy atom. The molecule has 0 atom stereocenters.